The lowest BCUT2D eigenvalue weighted by molar-refractivity contribution is -0.128. The first-order chi connectivity index (χ1) is 14.1. The van der Waals surface area contributed by atoms with Gasteiger partial charge in [-0.15, -0.1) is 0 Å². The predicted molar refractivity (Wildman–Crippen MR) is 115 cm³/mol. The topological polar surface area (TPSA) is 35.6 Å². The number of carbonyl (C=O) groups is 1. The van der Waals surface area contributed by atoms with Crippen LogP contribution in [-0.4, -0.2) is 53.5 Å². The van der Waals surface area contributed by atoms with Crippen LogP contribution in [0.3, 0.4) is 0 Å². The molecule has 0 aromatic heterocycles. The molecule has 1 unspecified atom stereocenters. The minimum Gasteiger partial charge on any atom is -0.350 e. The quantitative estimate of drug-likeness (QED) is 0.803. The third-order valence-corrected chi connectivity index (χ3v) is 5.51. The number of amides is 1. The van der Waals surface area contributed by atoms with Gasteiger partial charge in [0.05, 0.1) is 12.1 Å². The van der Waals surface area contributed by atoms with Crippen molar-refractivity contribution in [2.75, 3.05) is 26.2 Å². The van der Waals surface area contributed by atoms with Crippen LogP contribution >= 0.6 is 0 Å². The van der Waals surface area contributed by atoms with Gasteiger partial charge in [-0.1, -0.05) is 24.3 Å². The van der Waals surface area contributed by atoms with Crippen molar-refractivity contribution in [3.05, 3.63) is 71.3 Å². The van der Waals surface area contributed by atoms with Crippen molar-refractivity contribution in [2.45, 2.75) is 45.3 Å². The summed E-state index contributed by atoms with van der Waals surface area (Å²) in [6.07, 6.45) is 0. The monoisotopic (exact) mass is 415 g/mol. The Morgan fingerprint density at radius 3 is 1.63 bits per heavy atom. The van der Waals surface area contributed by atoms with Crippen LogP contribution in [0.2, 0.25) is 0 Å². The maximum Gasteiger partial charge on any atom is 0.237 e. The summed E-state index contributed by atoms with van der Waals surface area (Å²) >= 11 is 0. The predicted octanol–water partition coefficient (Wildman–Crippen LogP) is 3.98. The highest BCUT2D eigenvalue weighted by Gasteiger charge is 2.31. The third-order valence-electron chi connectivity index (χ3n) is 5.51. The van der Waals surface area contributed by atoms with E-state index in [-0.39, 0.29) is 35.2 Å². The summed E-state index contributed by atoms with van der Waals surface area (Å²) < 4.78 is 26.9. The Morgan fingerprint density at radius 2 is 1.23 bits per heavy atom. The van der Waals surface area contributed by atoms with Gasteiger partial charge in [-0.25, -0.2) is 8.78 Å². The van der Waals surface area contributed by atoms with E-state index in [2.05, 4.69) is 15.1 Å². The van der Waals surface area contributed by atoms with Crippen LogP contribution in [0.4, 0.5) is 8.78 Å². The summed E-state index contributed by atoms with van der Waals surface area (Å²) in [7, 11) is 0. The van der Waals surface area contributed by atoms with E-state index >= 15 is 0 Å². The maximum atomic E-state index is 13.5. The van der Waals surface area contributed by atoms with Crippen LogP contribution < -0.4 is 5.32 Å². The van der Waals surface area contributed by atoms with E-state index in [1.807, 2.05) is 27.7 Å². The molecule has 0 aliphatic carbocycles. The zero-order valence-electron chi connectivity index (χ0n) is 18.2. The summed E-state index contributed by atoms with van der Waals surface area (Å²) in [5.41, 5.74) is 1.67. The Bertz CT molecular complexity index is 793. The molecule has 1 aliphatic heterocycles. The number of piperazine rings is 1. The molecular weight excluding hydrogens is 384 g/mol. The molecule has 162 valence electrons. The molecule has 1 N–H and O–H groups in total. The molecule has 30 heavy (non-hydrogen) atoms. The van der Waals surface area contributed by atoms with Crippen molar-refractivity contribution in [2.24, 2.45) is 0 Å². The zero-order valence-corrected chi connectivity index (χ0v) is 18.2. The largest absolute Gasteiger partial charge is 0.350 e. The number of nitrogens with zero attached hydrogens (tertiary/aromatic N) is 2. The lowest BCUT2D eigenvalue weighted by Crippen LogP contribution is -2.56. The van der Waals surface area contributed by atoms with E-state index < -0.39 is 0 Å². The van der Waals surface area contributed by atoms with Crippen LogP contribution in [0, 0.1) is 11.6 Å². The Balaban J connectivity index is 1.74. The van der Waals surface area contributed by atoms with Crippen molar-refractivity contribution in [1.29, 1.82) is 0 Å². The van der Waals surface area contributed by atoms with Crippen molar-refractivity contribution in [3.8, 4) is 0 Å². The van der Waals surface area contributed by atoms with Gasteiger partial charge in [0, 0.05) is 31.7 Å². The lowest BCUT2D eigenvalue weighted by Gasteiger charge is -2.41. The second-order valence-corrected chi connectivity index (χ2v) is 8.99. The zero-order chi connectivity index (χ0) is 21.9. The highest BCUT2D eigenvalue weighted by molar-refractivity contribution is 5.81. The first-order valence-electron chi connectivity index (χ1n) is 10.4. The SMILES string of the molecule is CC(C(=O)NC(C)(C)C)N1CCN(C(c2ccc(F)cc2)c2ccc(F)cc2)CC1. The summed E-state index contributed by atoms with van der Waals surface area (Å²) in [5, 5.41) is 3.05. The van der Waals surface area contributed by atoms with Crippen LogP contribution in [0.15, 0.2) is 48.5 Å². The van der Waals surface area contributed by atoms with E-state index in [0.29, 0.717) is 0 Å². The molecule has 3 rings (SSSR count). The smallest absolute Gasteiger partial charge is 0.237 e. The summed E-state index contributed by atoms with van der Waals surface area (Å²) in [4.78, 5) is 17.0. The summed E-state index contributed by atoms with van der Waals surface area (Å²) in [6, 6.07) is 12.7. The number of nitrogens with one attached hydrogen (secondary N) is 1. The normalized spacial score (nSPS) is 17.2. The van der Waals surface area contributed by atoms with Crippen molar-refractivity contribution < 1.29 is 13.6 Å². The van der Waals surface area contributed by atoms with E-state index in [1.54, 1.807) is 24.3 Å². The highest BCUT2D eigenvalue weighted by Crippen LogP contribution is 2.30. The number of halogens is 2. The minimum absolute atomic E-state index is 0.0320. The fourth-order valence-electron chi connectivity index (χ4n) is 3.93. The van der Waals surface area contributed by atoms with Gasteiger partial charge < -0.3 is 5.32 Å². The van der Waals surface area contributed by atoms with Crippen LogP contribution in [0.25, 0.3) is 0 Å². The molecule has 1 amide bonds. The Morgan fingerprint density at radius 1 is 0.833 bits per heavy atom. The fraction of sp³-hybridized carbons (Fsp3) is 0.458. The summed E-state index contributed by atoms with van der Waals surface area (Å²) in [6.45, 7) is 10.9. The molecule has 0 radical (unpaired) electrons. The molecule has 0 bridgehead atoms. The molecule has 2 aromatic rings. The van der Waals surface area contributed by atoms with E-state index in [9.17, 15) is 13.6 Å². The average Bonchev–Trinajstić information content (AvgIpc) is 2.70. The van der Waals surface area contributed by atoms with Gasteiger partial charge in [-0.2, -0.15) is 0 Å². The number of carbonyl (C=O) groups excluding carboxylic acids is 1. The van der Waals surface area contributed by atoms with Gasteiger partial charge in [0.15, 0.2) is 0 Å². The second kappa shape index (κ2) is 9.23. The molecule has 1 fully saturated rings. The standard InChI is InChI=1S/C24H31F2N3O/c1-17(23(30)27-24(2,3)4)28-13-15-29(16-14-28)22(18-5-9-20(25)10-6-18)19-7-11-21(26)12-8-19/h5-12,17,22H,13-16H2,1-4H3,(H,27,30). The first kappa shape index (κ1) is 22.4. The molecule has 0 saturated carbocycles. The number of rotatable bonds is 5. The van der Waals surface area contributed by atoms with E-state index in [4.69, 9.17) is 0 Å². The molecule has 1 heterocycles. The maximum absolute atomic E-state index is 13.5. The van der Waals surface area contributed by atoms with Crippen molar-refractivity contribution in [3.63, 3.8) is 0 Å². The van der Waals surface area contributed by atoms with Crippen LogP contribution in [0.1, 0.15) is 44.9 Å². The van der Waals surface area contributed by atoms with Crippen molar-refractivity contribution >= 4 is 5.91 Å². The van der Waals surface area contributed by atoms with Gasteiger partial charge in [0.1, 0.15) is 11.6 Å². The molecular formula is C24H31F2N3O. The first-order valence-corrected chi connectivity index (χ1v) is 10.4. The van der Waals surface area contributed by atoms with Crippen LogP contribution in [-0.2, 0) is 4.79 Å². The molecule has 1 atom stereocenters. The van der Waals surface area contributed by atoms with E-state index in [0.717, 1.165) is 37.3 Å². The van der Waals surface area contributed by atoms with Gasteiger partial charge >= 0.3 is 0 Å². The third kappa shape index (κ3) is 5.64. The molecule has 6 heteroatoms. The molecule has 1 aliphatic rings. The van der Waals surface area contributed by atoms with E-state index in [1.165, 1.54) is 24.3 Å². The van der Waals surface area contributed by atoms with Gasteiger partial charge in [0.25, 0.3) is 0 Å². The van der Waals surface area contributed by atoms with Gasteiger partial charge in [-0.3, -0.25) is 14.6 Å². The molecule has 4 nitrogen and oxygen atoms in total. The summed E-state index contributed by atoms with van der Waals surface area (Å²) in [5.74, 6) is -0.523. The van der Waals surface area contributed by atoms with Gasteiger partial charge in [-0.05, 0) is 63.1 Å². The number of hydrogen-bond donors (Lipinski definition) is 1. The van der Waals surface area contributed by atoms with Crippen LogP contribution in [0.5, 0.6) is 0 Å². The Labute approximate surface area is 177 Å². The Kier molecular flexibility index (Phi) is 6.88. The molecule has 0 spiro atoms. The Hall–Kier alpha value is -2.31. The average molecular weight is 416 g/mol. The molecule has 1 saturated heterocycles. The van der Waals surface area contributed by atoms with Crippen molar-refractivity contribution in [1.82, 2.24) is 15.1 Å². The number of benzene rings is 2. The van der Waals surface area contributed by atoms with Gasteiger partial charge in [0.2, 0.25) is 5.91 Å². The molecule has 2 aromatic carbocycles. The lowest BCUT2D eigenvalue weighted by atomic mass is 9.96. The minimum atomic E-state index is -0.278. The second-order valence-electron chi connectivity index (χ2n) is 8.99. The fourth-order valence-corrected chi connectivity index (χ4v) is 3.93. The highest BCUT2D eigenvalue weighted by atomic mass is 19.1. The number of hydrogen-bond acceptors (Lipinski definition) is 3.